The Morgan fingerprint density at radius 3 is 1.74 bits per heavy atom. The van der Waals surface area contributed by atoms with Crippen LogP contribution in [0.1, 0.15) is 29.2 Å². The summed E-state index contributed by atoms with van der Waals surface area (Å²) in [6.45, 7) is 1.36. The van der Waals surface area contributed by atoms with Gasteiger partial charge in [0.1, 0.15) is 30.4 Å². The molecular formula is C45H48N4O11S. The van der Waals surface area contributed by atoms with Crippen molar-refractivity contribution in [2.24, 2.45) is 0 Å². The average Bonchev–Trinajstić information content (AvgIpc) is 3.27. The molecule has 0 spiro atoms. The van der Waals surface area contributed by atoms with E-state index in [2.05, 4.69) is 15.4 Å². The molecule has 5 aromatic rings. The van der Waals surface area contributed by atoms with Gasteiger partial charge >= 0.3 is 0 Å². The molecule has 6 rings (SSSR count). The number of non-ortho nitro benzene ring substituents is 1. The molecule has 1 aliphatic heterocycles. The molecule has 6 atom stereocenters. The summed E-state index contributed by atoms with van der Waals surface area (Å²) in [5.41, 5.74) is 3.10. The van der Waals surface area contributed by atoms with E-state index in [1.807, 2.05) is 97.1 Å². The second-order valence-electron chi connectivity index (χ2n) is 14.3. The first kappa shape index (κ1) is 44.7. The number of nitrogens with one attached hydrogen (secondary N) is 3. The van der Waals surface area contributed by atoms with E-state index < -0.39 is 70.1 Å². The minimum absolute atomic E-state index is 0.0000372. The molecule has 1 saturated heterocycles. The maximum Gasteiger partial charge on any atom is 0.269 e. The highest BCUT2D eigenvalue weighted by Crippen LogP contribution is 2.30. The summed E-state index contributed by atoms with van der Waals surface area (Å²) in [7, 11) is -4.45. The maximum absolute atomic E-state index is 13.9. The van der Waals surface area contributed by atoms with Crippen LogP contribution in [0.5, 0.6) is 0 Å². The molecule has 3 N–H and O–H groups in total. The van der Waals surface area contributed by atoms with Crippen molar-refractivity contribution in [3.8, 4) is 0 Å². The van der Waals surface area contributed by atoms with Crippen LogP contribution in [0.2, 0.25) is 0 Å². The van der Waals surface area contributed by atoms with E-state index in [1.54, 1.807) is 24.3 Å². The van der Waals surface area contributed by atoms with Crippen LogP contribution in [-0.2, 0) is 69.7 Å². The second kappa shape index (κ2) is 22.1. The molecule has 5 aromatic carbocycles. The van der Waals surface area contributed by atoms with E-state index in [4.69, 9.17) is 23.7 Å². The first-order valence-electron chi connectivity index (χ1n) is 19.6. The zero-order chi connectivity index (χ0) is 43.0. The van der Waals surface area contributed by atoms with Gasteiger partial charge in [-0.05, 0) is 34.4 Å². The van der Waals surface area contributed by atoms with Gasteiger partial charge in [-0.2, -0.15) is 4.72 Å². The number of nitro benzene ring substituents is 1. The van der Waals surface area contributed by atoms with Crippen molar-refractivity contribution in [2.45, 2.75) is 74.9 Å². The van der Waals surface area contributed by atoms with E-state index in [0.29, 0.717) is 0 Å². The van der Waals surface area contributed by atoms with E-state index in [1.165, 1.54) is 6.92 Å². The summed E-state index contributed by atoms with van der Waals surface area (Å²) in [6.07, 6.45) is -3.92. The molecule has 1 aliphatic rings. The fraction of sp³-hybridized carbons (Fsp3) is 0.289. The van der Waals surface area contributed by atoms with Crippen molar-refractivity contribution in [1.29, 1.82) is 0 Å². The number of sulfonamides is 1. The first-order valence-corrected chi connectivity index (χ1v) is 21.1. The van der Waals surface area contributed by atoms with Gasteiger partial charge in [-0.25, -0.2) is 8.42 Å². The Labute approximate surface area is 354 Å². The largest absolute Gasteiger partial charge is 0.374 e. The number of benzene rings is 5. The third-order valence-electron chi connectivity index (χ3n) is 9.69. The lowest BCUT2D eigenvalue weighted by Crippen LogP contribution is -2.66. The summed E-state index contributed by atoms with van der Waals surface area (Å²) in [6, 6.07) is 39.2. The molecule has 15 nitrogen and oxygen atoms in total. The van der Waals surface area contributed by atoms with Gasteiger partial charge in [-0.3, -0.25) is 19.7 Å². The Bertz CT molecular complexity index is 2260. The standard InChI is InChI=1S/C45H48N4O11S/c1-32(50)47-41-43(58-29-36-20-12-5-13-21-36)42(57-28-35-18-10-4-11-19-35)40(31-56-27-34-16-8-3-9-17-34)60-45(41)59-30-39(44(51)46-26-33-14-6-2-7-15-33)48-61(54,55)38-24-22-37(23-25-38)49(52)53/h2-25,39-43,45,48H,26-31H2,1H3,(H,46,51)(H,47,50)/t39-,40+,41+,42-,43+,45+/m0/s1. The third kappa shape index (κ3) is 13.3. The van der Waals surface area contributed by atoms with E-state index in [9.17, 15) is 28.1 Å². The molecule has 0 saturated carbocycles. The van der Waals surface area contributed by atoms with Gasteiger partial charge < -0.3 is 34.3 Å². The van der Waals surface area contributed by atoms with Crippen molar-refractivity contribution in [3.63, 3.8) is 0 Å². The van der Waals surface area contributed by atoms with Crippen LogP contribution in [0, 0.1) is 10.1 Å². The lowest BCUT2D eigenvalue weighted by atomic mass is 9.95. The van der Waals surface area contributed by atoms with Crippen LogP contribution in [0.25, 0.3) is 0 Å². The Balaban J connectivity index is 1.30. The molecule has 16 heteroatoms. The van der Waals surface area contributed by atoms with Gasteiger partial charge in [0.15, 0.2) is 6.29 Å². The number of nitro groups is 1. The molecule has 0 unspecified atom stereocenters. The smallest absolute Gasteiger partial charge is 0.269 e. The van der Waals surface area contributed by atoms with E-state index >= 15 is 0 Å². The van der Waals surface area contributed by atoms with Gasteiger partial charge in [-0.1, -0.05) is 121 Å². The molecule has 1 heterocycles. The predicted octanol–water partition coefficient (Wildman–Crippen LogP) is 5.19. The number of hydrogen-bond donors (Lipinski definition) is 3. The van der Waals surface area contributed by atoms with Crippen LogP contribution < -0.4 is 15.4 Å². The van der Waals surface area contributed by atoms with Gasteiger partial charge in [-0.15, -0.1) is 0 Å². The fourth-order valence-corrected chi connectivity index (χ4v) is 7.81. The second-order valence-corrected chi connectivity index (χ2v) is 16.0. The highest BCUT2D eigenvalue weighted by molar-refractivity contribution is 7.89. The van der Waals surface area contributed by atoms with Crippen molar-refractivity contribution < 1.29 is 46.6 Å². The highest BCUT2D eigenvalue weighted by Gasteiger charge is 2.49. The van der Waals surface area contributed by atoms with E-state index in [0.717, 1.165) is 46.5 Å². The molecule has 0 bridgehead atoms. The lowest BCUT2D eigenvalue weighted by Gasteiger charge is -2.46. The molecule has 320 valence electrons. The molecule has 61 heavy (non-hydrogen) atoms. The molecule has 0 aliphatic carbocycles. The minimum Gasteiger partial charge on any atom is -0.374 e. The number of amides is 2. The lowest BCUT2D eigenvalue weighted by molar-refractivity contribution is -0.384. The third-order valence-corrected chi connectivity index (χ3v) is 11.2. The Morgan fingerprint density at radius 1 is 0.705 bits per heavy atom. The van der Waals surface area contributed by atoms with E-state index in [-0.39, 0.29) is 43.6 Å². The van der Waals surface area contributed by atoms with Gasteiger partial charge in [0.25, 0.3) is 5.69 Å². The van der Waals surface area contributed by atoms with Crippen LogP contribution >= 0.6 is 0 Å². The summed E-state index contributed by atoms with van der Waals surface area (Å²) < 4.78 is 62.1. The molecular weight excluding hydrogens is 805 g/mol. The average molecular weight is 853 g/mol. The Kier molecular flexibility index (Phi) is 16.2. The Hall–Kier alpha value is -5.85. The predicted molar refractivity (Wildman–Crippen MR) is 224 cm³/mol. The number of carbonyl (C=O) groups excluding carboxylic acids is 2. The normalized spacial score (nSPS) is 19.4. The summed E-state index contributed by atoms with van der Waals surface area (Å²) in [5, 5.41) is 16.9. The van der Waals surface area contributed by atoms with Crippen molar-refractivity contribution >= 4 is 27.5 Å². The SMILES string of the molecule is CC(=O)N[C@H]1[C@H](OC[C@H](NS(=O)(=O)c2ccc([N+](=O)[O-])cc2)C(=O)NCc2ccccc2)O[C@H](COCc2ccccc2)[C@H](OCc2ccccc2)[C@@H]1OCc1ccccc1. The monoisotopic (exact) mass is 852 g/mol. The first-order chi connectivity index (χ1) is 29.6. The van der Waals surface area contributed by atoms with Gasteiger partial charge in [0.05, 0.1) is 42.9 Å². The zero-order valence-corrected chi connectivity index (χ0v) is 34.2. The van der Waals surface area contributed by atoms with Crippen molar-refractivity contribution in [3.05, 3.63) is 178 Å². The van der Waals surface area contributed by atoms with Crippen molar-refractivity contribution in [1.82, 2.24) is 15.4 Å². The van der Waals surface area contributed by atoms with Crippen molar-refractivity contribution in [2.75, 3.05) is 13.2 Å². The number of nitrogens with zero attached hydrogens (tertiary/aromatic N) is 1. The highest BCUT2D eigenvalue weighted by atomic mass is 32.2. The minimum atomic E-state index is -4.45. The maximum atomic E-state index is 13.9. The summed E-state index contributed by atoms with van der Waals surface area (Å²) >= 11 is 0. The summed E-state index contributed by atoms with van der Waals surface area (Å²) in [5.74, 6) is -1.17. The number of carbonyl (C=O) groups is 2. The van der Waals surface area contributed by atoms with Gasteiger partial charge in [0, 0.05) is 25.6 Å². The molecule has 1 fully saturated rings. The Morgan fingerprint density at radius 2 is 1.21 bits per heavy atom. The number of hydrogen-bond acceptors (Lipinski definition) is 11. The number of rotatable bonds is 21. The van der Waals surface area contributed by atoms with Gasteiger partial charge in [0.2, 0.25) is 21.8 Å². The number of ether oxygens (including phenoxy) is 5. The summed E-state index contributed by atoms with van der Waals surface area (Å²) in [4.78, 5) is 37.1. The van der Waals surface area contributed by atoms with Crippen LogP contribution in [0.15, 0.2) is 150 Å². The van der Waals surface area contributed by atoms with Crippen LogP contribution in [0.4, 0.5) is 5.69 Å². The fourth-order valence-electron chi connectivity index (χ4n) is 6.63. The molecule has 2 amide bonds. The van der Waals surface area contributed by atoms with Crippen LogP contribution in [0.3, 0.4) is 0 Å². The topological polar surface area (TPSA) is 194 Å². The molecule has 0 aromatic heterocycles. The zero-order valence-electron chi connectivity index (χ0n) is 33.4. The quantitative estimate of drug-likeness (QED) is 0.0650. The molecule has 0 radical (unpaired) electrons. The van der Waals surface area contributed by atoms with Crippen LogP contribution in [-0.4, -0.2) is 75.1 Å².